The molecule has 1 amide bonds. The maximum Gasteiger partial charge on any atom is 0.339 e. The second-order valence-electron chi connectivity index (χ2n) is 3.66. The summed E-state index contributed by atoms with van der Waals surface area (Å²) in [6.07, 6.45) is -0.561. The minimum absolute atomic E-state index is 0.0363. The molecule has 0 radical (unpaired) electrons. The highest BCUT2D eigenvalue weighted by atomic mass is 35.5. The zero-order valence-electron chi connectivity index (χ0n) is 9.59. The lowest BCUT2D eigenvalue weighted by atomic mass is 10.1. The molecule has 0 saturated heterocycles. The lowest BCUT2D eigenvalue weighted by Crippen LogP contribution is -2.37. The van der Waals surface area contributed by atoms with Crippen molar-refractivity contribution >= 4 is 35.1 Å². The largest absolute Gasteiger partial charge is 0.481 e. The van der Waals surface area contributed by atoms with Crippen LogP contribution in [-0.4, -0.2) is 34.1 Å². The van der Waals surface area contributed by atoms with Gasteiger partial charge in [0, 0.05) is 0 Å². The molecule has 19 heavy (non-hydrogen) atoms. The number of aliphatic carboxylic acids is 1. The van der Waals surface area contributed by atoms with E-state index in [9.17, 15) is 14.4 Å². The zero-order chi connectivity index (χ0) is 14.6. The fraction of sp³-hybridized carbons (Fsp3) is 0.182. The van der Waals surface area contributed by atoms with Gasteiger partial charge in [0.25, 0.3) is 0 Å². The monoisotopic (exact) mass is 286 g/mol. The van der Waals surface area contributed by atoms with Gasteiger partial charge in [0.05, 0.1) is 23.2 Å². The van der Waals surface area contributed by atoms with Crippen molar-refractivity contribution < 1.29 is 24.6 Å². The van der Waals surface area contributed by atoms with E-state index in [1.54, 1.807) is 0 Å². The lowest BCUT2D eigenvalue weighted by molar-refractivity contribution is -0.138. The van der Waals surface area contributed by atoms with Gasteiger partial charge in [-0.15, -0.1) is 0 Å². The van der Waals surface area contributed by atoms with Gasteiger partial charge in [0.2, 0.25) is 5.91 Å². The van der Waals surface area contributed by atoms with E-state index < -0.39 is 30.3 Å². The first-order valence-corrected chi connectivity index (χ1v) is 5.50. The molecular formula is C11H11ClN2O5. The number of carboxylic acid groups (broad SMARTS) is 2. The summed E-state index contributed by atoms with van der Waals surface area (Å²) in [5.41, 5.74) is 5.04. The summed E-state index contributed by atoms with van der Waals surface area (Å²) in [7, 11) is 0. The number of carbonyl (C=O) groups excluding carboxylic acids is 1. The van der Waals surface area contributed by atoms with Crippen LogP contribution in [0.15, 0.2) is 18.2 Å². The van der Waals surface area contributed by atoms with Gasteiger partial charge >= 0.3 is 11.9 Å². The highest BCUT2D eigenvalue weighted by Crippen LogP contribution is 2.24. The van der Waals surface area contributed by atoms with Crippen LogP contribution < -0.4 is 11.1 Å². The fourth-order valence-corrected chi connectivity index (χ4v) is 1.61. The van der Waals surface area contributed by atoms with Crippen LogP contribution in [-0.2, 0) is 9.59 Å². The number of nitrogens with one attached hydrogen (secondary N) is 1. The molecule has 0 heterocycles. The zero-order valence-corrected chi connectivity index (χ0v) is 10.3. The normalized spacial score (nSPS) is 11.7. The maximum atomic E-state index is 11.6. The van der Waals surface area contributed by atoms with Crippen molar-refractivity contribution in [3.63, 3.8) is 0 Å². The number of hydrogen-bond acceptors (Lipinski definition) is 4. The summed E-state index contributed by atoms with van der Waals surface area (Å²) in [4.78, 5) is 33.0. The van der Waals surface area contributed by atoms with Gasteiger partial charge in [-0.3, -0.25) is 9.59 Å². The number of benzene rings is 1. The summed E-state index contributed by atoms with van der Waals surface area (Å²) < 4.78 is 0. The number of aromatic carboxylic acids is 1. The van der Waals surface area contributed by atoms with Gasteiger partial charge in [0.1, 0.15) is 5.56 Å². The fourth-order valence-electron chi connectivity index (χ4n) is 1.35. The van der Waals surface area contributed by atoms with Crippen LogP contribution in [0.3, 0.4) is 0 Å². The van der Waals surface area contributed by atoms with Crippen LogP contribution >= 0.6 is 11.6 Å². The number of rotatable bonds is 5. The Labute approximate surface area is 113 Å². The number of anilines is 1. The van der Waals surface area contributed by atoms with Gasteiger partial charge in [-0.05, 0) is 12.1 Å². The van der Waals surface area contributed by atoms with Gasteiger partial charge in [-0.1, -0.05) is 17.7 Å². The maximum absolute atomic E-state index is 11.6. The van der Waals surface area contributed by atoms with E-state index in [1.807, 2.05) is 0 Å². The molecule has 0 saturated carbocycles. The van der Waals surface area contributed by atoms with Crippen molar-refractivity contribution in [3.8, 4) is 0 Å². The Morgan fingerprint density at radius 1 is 1.32 bits per heavy atom. The molecule has 0 spiro atoms. The molecule has 0 aliphatic heterocycles. The Hall–Kier alpha value is -2.12. The topological polar surface area (TPSA) is 130 Å². The predicted octanol–water partition coefficient (Wildman–Crippen LogP) is 0.779. The predicted molar refractivity (Wildman–Crippen MR) is 67.3 cm³/mol. The van der Waals surface area contributed by atoms with E-state index in [0.29, 0.717) is 0 Å². The number of halogens is 1. The van der Waals surface area contributed by atoms with Crippen molar-refractivity contribution in [1.29, 1.82) is 0 Å². The van der Waals surface area contributed by atoms with E-state index >= 15 is 0 Å². The van der Waals surface area contributed by atoms with Crippen LogP contribution in [0.2, 0.25) is 5.02 Å². The summed E-state index contributed by atoms with van der Waals surface area (Å²) in [5, 5.41) is 19.7. The minimum Gasteiger partial charge on any atom is -0.481 e. The second kappa shape index (κ2) is 6.17. The highest BCUT2D eigenvalue weighted by Gasteiger charge is 2.20. The van der Waals surface area contributed by atoms with Crippen LogP contribution in [0.4, 0.5) is 5.69 Å². The van der Waals surface area contributed by atoms with Crippen molar-refractivity contribution in [2.75, 3.05) is 5.32 Å². The summed E-state index contributed by atoms with van der Waals surface area (Å²) >= 11 is 5.71. The Morgan fingerprint density at radius 2 is 1.95 bits per heavy atom. The number of amides is 1. The molecule has 102 valence electrons. The molecule has 1 aromatic carbocycles. The molecule has 1 atom stereocenters. The standard InChI is InChI=1S/C11H11ClN2O5/c12-5-2-1-3-7(9(5)11(18)19)14-10(17)6(13)4-8(15)16/h1-3,6H,4,13H2,(H,14,17)(H,15,16)(H,18,19). The van der Waals surface area contributed by atoms with Gasteiger partial charge < -0.3 is 21.3 Å². The molecule has 0 bridgehead atoms. The third-order valence-electron chi connectivity index (χ3n) is 2.22. The van der Waals surface area contributed by atoms with Crippen LogP contribution in [0.5, 0.6) is 0 Å². The average molecular weight is 287 g/mol. The van der Waals surface area contributed by atoms with Gasteiger partial charge in [-0.2, -0.15) is 0 Å². The molecule has 7 nitrogen and oxygen atoms in total. The van der Waals surface area contributed by atoms with Crippen molar-refractivity contribution in [1.82, 2.24) is 0 Å². The first-order chi connectivity index (χ1) is 8.82. The quantitative estimate of drug-likeness (QED) is 0.633. The first kappa shape index (κ1) is 14.9. The van der Waals surface area contributed by atoms with Gasteiger partial charge in [0.15, 0.2) is 0 Å². The summed E-state index contributed by atoms with van der Waals surface area (Å²) in [6, 6.07) is 2.87. The van der Waals surface area contributed by atoms with Crippen LogP contribution in [0, 0.1) is 0 Å². The smallest absolute Gasteiger partial charge is 0.339 e. The van der Waals surface area contributed by atoms with E-state index in [4.69, 9.17) is 27.5 Å². The number of carboxylic acids is 2. The number of carbonyl (C=O) groups is 3. The Kier molecular flexibility index (Phi) is 4.85. The van der Waals surface area contributed by atoms with E-state index in [-0.39, 0.29) is 16.3 Å². The molecule has 8 heteroatoms. The van der Waals surface area contributed by atoms with E-state index in [0.717, 1.165) is 0 Å². The van der Waals surface area contributed by atoms with Crippen molar-refractivity contribution in [3.05, 3.63) is 28.8 Å². The SMILES string of the molecule is NC(CC(=O)O)C(=O)Nc1cccc(Cl)c1C(=O)O. The highest BCUT2D eigenvalue weighted by molar-refractivity contribution is 6.34. The Balaban J connectivity index is 2.94. The van der Waals surface area contributed by atoms with E-state index in [2.05, 4.69) is 5.32 Å². The average Bonchev–Trinajstić information content (AvgIpc) is 2.27. The van der Waals surface area contributed by atoms with Crippen molar-refractivity contribution in [2.24, 2.45) is 5.73 Å². The minimum atomic E-state index is -1.31. The molecule has 1 unspecified atom stereocenters. The molecule has 5 N–H and O–H groups in total. The number of nitrogens with two attached hydrogens (primary N) is 1. The molecule has 1 aromatic rings. The molecular weight excluding hydrogens is 276 g/mol. The second-order valence-corrected chi connectivity index (χ2v) is 4.07. The Bertz CT molecular complexity index is 532. The van der Waals surface area contributed by atoms with Crippen LogP contribution in [0.25, 0.3) is 0 Å². The van der Waals surface area contributed by atoms with E-state index in [1.165, 1.54) is 18.2 Å². The van der Waals surface area contributed by atoms with Crippen molar-refractivity contribution in [2.45, 2.75) is 12.5 Å². The molecule has 0 fully saturated rings. The number of hydrogen-bond donors (Lipinski definition) is 4. The Morgan fingerprint density at radius 3 is 2.47 bits per heavy atom. The van der Waals surface area contributed by atoms with Gasteiger partial charge in [-0.25, -0.2) is 4.79 Å². The third-order valence-corrected chi connectivity index (χ3v) is 2.53. The molecule has 0 aliphatic rings. The third kappa shape index (κ3) is 3.94. The van der Waals surface area contributed by atoms with Crippen LogP contribution in [0.1, 0.15) is 16.8 Å². The first-order valence-electron chi connectivity index (χ1n) is 5.13. The summed E-state index contributed by atoms with van der Waals surface area (Å²) in [6.45, 7) is 0. The molecule has 1 rings (SSSR count). The molecule has 0 aromatic heterocycles. The molecule has 0 aliphatic carbocycles. The summed E-state index contributed by atoms with van der Waals surface area (Å²) in [5.74, 6) is -3.34. The lowest BCUT2D eigenvalue weighted by Gasteiger charge is -2.12.